The highest BCUT2D eigenvalue weighted by molar-refractivity contribution is 5.75. The second-order valence-corrected chi connectivity index (χ2v) is 5.82. The van der Waals surface area contributed by atoms with Crippen molar-refractivity contribution in [2.24, 2.45) is 0 Å². The molecule has 0 aromatic rings. The number of hydrogen-bond donors (Lipinski definition) is 0. The van der Waals surface area contributed by atoms with Gasteiger partial charge in [-0.15, -0.1) is 6.58 Å². The molecule has 2 heteroatoms. The van der Waals surface area contributed by atoms with Crippen LogP contribution in [0.2, 0.25) is 0 Å². The summed E-state index contributed by atoms with van der Waals surface area (Å²) in [7, 11) is 1.92. The number of nitrogens with zero attached hydrogens (tertiary/aromatic N) is 1. The lowest BCUT2D eigenvalue weighted by molar-refractivity contribution is -0.130. The maximum absolute atomic E-state index is 11.8. The first-order valence-electron chi connectivity index (χ1n) is 8.57. The number of carbonyl (C=O) groups is 1. The van der Waals surface area contributed by atoms with E-state index in [2.05, 4.69) is 13.5 Å². The maximum Gasteiger partial charge on any atom is 0.222 e. The van der Waals surface area contributed by atoms with Crippen molar-refractivity contribution in [2.75, 3.05) is 13.6 Å². The smallest absolute Gasteiger partial charge is 0.222 e. The fourth-order valence-corrected chi connectivity index (χ4v) is 2.38. The zero-order valence-electron chi connectivity index (χ0n) is 13.8. The van der Waals surface area contributed by atoms with Crippen molar-refractivity contribution in [1.82, 2.24) is 4.90 Å². The van der Waals surface area contributed by atoms with Gasteiger partial charge in [-0.2, -0.15) is 0 Å². The number of amides is 1. The minimum absolute atomic E-state index is 0.303. The third kappa shape index (κ3) is 12.3. The summed E-state index contributed by atoms with van der Waals surface area (Å²) < 4.78 is 0. The van der Waals surface area contributed by atoms with E-state index in [4.69, 9.17) is 0 Å². The number of allylic oxidation sites excluding steroid dienone is 1. The number of unbranched alkanes of at least 4 members (excludes halogenated alkanes) is 9. The van der Waals surface area contributed by atoms with Crippen molar-refractivity contribution in [1.29, 1.82) is 0 Å². The van der Waals surface area contributed by atoms with Gasteiger partial charge in [-0.25, -0.2) is 0 Å². The summed E-state index contributed by atoms with van der Waals surface area (Å²) in [6.45, 7) is 6.82. The van der Waals surface area contributed by atoms with Gasteiger partial charge in [0.1, 0.15) is 0 Å². The van der Waals surface area contributed by atoms with Gasteiger partial charge in [0.25, 0.3) is 0 Å². The van der Waals surface area contributed by atoms with E-state index in [0.29, 0.717) is 5.91 Å². The van der Waals surface area contributed by atoms with Crippen LogP contribution in [0.3, 0.4) is 0 Å². The van der Waals surface area contributed by atoms with Crippen LogP contribution in [0.25, 0.3) is 0 Å². The molecule has 0 rings (SSSR count). The number of carbonyl (C=O) groups excluding carboxylic acids is 1. The van der Waals surface area contributed by atoms with E-state index in [-0.39, 0.29) is 0 Å². The number of hydrogen-bond acceptors (Lipinski definition) is 1. The summed E-state index contributed by atoms with van der Waals surface area (Å²) in [6, 6.07) is 0. The molecule has 1 amide bonds. The molecule has 0 fully saturated rings. The first-order valence-corrected chi connectivity index (χ1v) is 8.57. The Hall–Kier alpha value is -0.790. The van der Waals surface area contributed by atoms with Gasteiger partial charge in [0, 0.05) is 20.0 Å². The molecular formula is C18H35NO. The van der Waals surface area contributed by atoms with Gasteiger partial charge in [0.05, 0.1) is 0 Å². The molecule has 0 heterocycles. The Morgan fingerprint density at radius 2 is 1.50 bits per heavy atom. The molecule has 0 aromatic carbocycles. The molecule has 2 nitrogen and oxygen atoms in total. The fourth-order valence-electron chi connectivity index (χ4n) is 2.38. The highest BCUT2D eigenvalue weighted by Gasteiger charge is 2.07. The van der Waals surface area contributed by atoms with Gasteiger partial charge >= 0.3 is 0 Å². The lowest BCUT2D eigenvalue weighted by atomic mass is 10.1. The quantitative estimate of drug-likeness (QED) is 0.311. The Kier molecular flexibility index (Phi) is 14.0. The van der Waals surface area contributed by atoms with Crippen molar-refractivity contribution in [3.63, 3.8) is 0 Å². The second kappa shape index (κ2) is 14.6. The lowest BCUT2D eigenvalue weighted by Gasteiger charge is -2.16. The monoisotopic (exact) mass is 281 g/mol. The molecule has 0 saturated heterocycles. The molecule has 0 N–H and O–H groups in total. The van der Waals surface area contributed by atoms with Crippen LogP contribution < -0.4 is 0 Å². The predicted molar refractivity (Wildman–Crippen MR) is 88.9 cm³/mol. The van der Waals surface area contributed by atoms with Gasteiger partial charge in [-0.1, -0.05) is 64.4 Å². The second-order valence-electron chi connectivity index (χ2n) is 5.82. The number of rotatable bonds is 14. The minimum Gasteiger partial charge on any atom is -0.346 e. The molecule has 20 heavy (non-hydrogen) atoms. The van der Waals surface area contributed by atoms with E-state index < -0.39 is 0 Å². The van der Waals surface area contributed by atoms with Crippen LogP contribution in [0, 0.1) is 0 Å². The molecule has 0 bridgehead atoms. The maximum atomic E-state index is 11.8. The Balaban J connectivity index is 3.32. The largest absolute Gasteiger partial charge is 0.346 e. The first-order chi connectivity index (χ1) is 9.72. The highest BCUT2D eigenvalue weighted by Crippen LogP contribution is 2.11. The molecule has 0 radical (unpaired) electrons. The summed E-state index contributed by atoms with van der Waals surface area (Å²) in [6.07, 6.45) is 16.4. The molecule has 0 aromatic heterocycles. The van der Waals surface area contributed by atoms with Crippen LogP contribution in [0.15, 0.2) is 12.7 Å². The van der Waals surface area contributed by atoms with Crippen LogP contribution in [0.4, 0.5) is 0 Å². The van der Waals surface area contributed by atoms with Gasteiger partial charge in [0.2, 0.25) is 5.91 Å². The molecule has 0 atom stereocenters. The van der Waals surface area contributed by atoms with Crippen molar-refractivity contribution < 1.29 is 4.79 Å². The van der Waals surface area contributed by atoms with Crippen molar-refractivity contribution in [2.45, 2.75) is 84.0 Å². The molecule has 0 aliphatic heterocycles. The molecule has 118 valence electrons. The third-order valence-electron chi connectivity index (χ3n) is 3.82. The average Bonchev–Trinajstić information content (AvgIpc) is 2.45. The fraction of sp³-hybridized carbons (Fsp3) is 0.833. The Morgan fingerprint density at radius 3 is 2.05 bits per heavy atom. The average molecular weight is 281 g/mol. The van der Waals surface area contributed by atoms with Crippen molar-refractivity contribution in [3.8, 4) is 0 Å². The summed E-state index contributed by atoms with van der Waals surface area (Å²) >= 11 is 0. The Bertz CT molecular complexity index is 238. The van der Waals surface area contributed by atoms with Crippen molar-refractivity contribution >= 4 is 5.91 Å². The van der Waals surface area contributed by atoms with E-state index in [1.807, 2.05) is 18.0 Å². The summed E-state index contributed by atoms with van der Waals surface area (Å²) in [5.74, 6) is 0.303. The van der Waals surface area contributed by atoms with E-state index >= 15 is 0 Å². The molecule has 0 unspecified atom stereocenters. The van der Waals surface area contributed by atoms with Crippen LogP contribution in [0.5, 0.6) is 0 Å². The predicted octanol–water partition coefficient (Wildman–Crippen LogP) is 5.33. The zero-order chi connectivity index (χ0) is 15.1. The van der Waals surface area contributed by atoms with E-state index in [0.717, 1.165) is 32.2 Å². The topological polar surface area (TPSA) is 20.3 Å². The van der Waals surface area contributed by atoms with Gasteiger partial charge in [-0.3, -0.25) is 4.79 Å². The molecule has 0 saturated carbocycles. The van der Waals surface area contributed by atoms with Crippen LogP contribution in [-0.2, 0) is 4.79 Å². The SMILES string of the molecule is C=CCCCN(C)C(=O)CCCCCCCCCCC. The Morgan fingerprint density at radius 1 is 0.950 bits per heavy atom. The summed E-state index contributed by atoms with van der Waals surface area (Å²) in [5, 5.41) is 0. The molecular weight excluding hydrogens is 246 g/mol. The van der Waals surface area contributed by atoms with Crippen LogP contribution >= 0.6 is 0 Å². The minimum atomic E-state index is 0.303. The third-order valence-corrected chi connectivity index (χ3v) is 3.82. The standard InChI is InChI=1S/C18H35NO/c1-4-6-8-9-10-11-12-13-14-16-18(20)19(3)17-15-7-5-2/h5H,2,4,6-17H2,1,3H3. The van der Waals surface area contributed by atoms with Gasteiger partial charge in [0.15, 0.2) is 0 Å². The zero-order valence-corrected chi connectivity index (χ0v) is 13.8. The molecule has 0 spiro atoms. The van der Waals surface area contributed by atoms with Gasteiger partial charge in [-0.05, 0) is 19.3 Å². The molecule has 0 aliphatic rings. The van der Waals surface area contributed by atoms with E-state index in [1.54, 1.807) is 0 Å². The van der Waals surface area contributed by atoms with E-state index in [1.165, 1.54) is 51.4 Å². The van der Waals surface area contributed by atoms with Crippen LogP contribution in [0.1, 0.15) is 84.0 Å². The summed E-state index contributed by atoms with van der Waals surface area (Å²) in [4.78, 5) is 13.7. The van der Waals surface area contributed by atoms with Crippen LogP contribution in [-0.4, -0.2) is 24.4 Å². The molecule has 0 aliphatic carbocycles. The highest BCUT2D eigenvalue weighted by atomic mass is 16.2. The van der Waals surface area contributed by atoms with E-state index in [9.17, 15) is 4.79 Å². The Labute approximate surface area is 126 Å². The summed E-state index contributed by atoms with van der Waals surface area (Å²) in [5.41, 5.74) is 0. The van der Waals surface area contributed by atoms with Crippen molar-refractivity contribution in [3.05, 3.63) is 12.7 Å². The van der Waals surface area contributed by atoms with Gasteiger partial charge < -0.3 is 4.90 Å². The lowest BCUT2D eigenvalue weighted by Crippen LogP contribution is -2.27. The normalized spacial score (nSPS) is 10.5. The first kappa shape index (κ1) is 19.2.